The maximum atomic E-state index is 12.3. The first-order valence-corrected chi connectivity index (χ1v) is 10.4. The van der Waals surface area contributed by atoms with Crippen molar-refractivity contribution >= 4 is 27.5 Å². The number of benzene rings is 1. The molecule has 134 valence electrons. The number of nitrogens with one attached hydrogen (secondary N) is 1. The van der Waals surface area contributed by atoms with Crippen LogP contribution in [0.4, 0.5) is 0 Å². The lowest BCUT2D eigenvalue weighted by Gasteiger charge is -2.31. The fraction of sp³-hybridized carbons (Fsp3) is 0.588. The molecule has 1 aliphatic heterocycles. The Morgan fingerprint density at radius 2 is 2.21 bits per heavy atom. The van der Waals surface area contributed by atoms with Crippen molar-refractivity contribution in [3.05, 3.63) is 34.9 Å². The van der Waals surface area contributed by atoms with Gasteiger partial charge in [0.1, 0.15) is 0 Å². The average molecular weight is 373 g/mol. The van der Waals surface area contributed by atoms with Crippen molar-refractivity contribution in [3.8, 4) is 0 Å². The number of carbonyl (C=O) groups is 1. The summed E-state index contributed by atoms with van der Waals surface area (Å²) in [6.45, 7) is 3.19. The summed E-state index contributed by atoms with van der Waals surface area (Å²) in [5.74, 6) is -0.172. The highest BCUT2D eigenvalue weighted by atomic mass is 35.5. The van der Waals surface area contributed by atoms with Crippen LogP contribution in [0.3, 0.4) is 0 Å². The Labute approximate surface area is 149 Å². The minimum Gasteiger partial charge on any atom is -0.355 e. The number of amides is 1. The Hall–Kier alpha value is -1.11. The zero-order valence-electron chi connectivity index (χ0n) is 14.0. The molecule has 1 saturated heterocycles. The van der Waals surface area contributed by atoms with Gasteiger partial charge in [0.2, 0.25) is 15.9 Å². The number of sulfonamides is 1. The highest BCUT2D eigenvalue weighted by molar-refractivity contribution is 7.89. The van der Waals surface area contributed by atoms with E-state index in [9.17, 15) is 13.2 Å². The Morgan fingerprint density at radius 1 is 1.42 bits per heavy atom. The molecule has 2 rings (SSSR count). The van der Waals surface area contributed by atoms with E-state index < -0.39 is 10.0 Å². The molecular weight excluding hydrogens is 348 g/mol. The second-order valence-corrected chi connectivity index (χ2v) is 8.71. The van der Waals surface area contributed by atoms with Crippen LogP contribution in [0.2, 0.25) is 5.02 Å². The number of hydrogen-bond donors (Lipinski definition) is 1. The molecule has 1 N–H and O–H groups in total. The molecule has 0 unspecified atom stereocenters. The first kappa shape index (κ1) is 19.2. The van der Waals surface area contributed by atoms with Gasteiger partial charge in [0.15, 0.2) is 0 Å². The van der Waals surface area contributed by atoms with Crippen LogP contribution in [0.5, 0.6) is 0 Å². The predicted octanol–water partition coefficient (Wildman–Crippen LogP) is 2.45. The first-order chi connectivity index (χ1) is 11.4. The lowest BCUT2D eigenvalue weighted by Crippen LogP contribution is -2.46. The molecule has 0 bridgehead atoms. The van der Waals surface area contributed by atoms with E-state index in [2.05, 4.69) is 5.32 Å². The van der Waals surface area contributed by atoms with E-state index in [-0.39, 0.29) is 17.6 Å². The smallest absolute Gasteiger partial charge is 0.224 e. The second-order valence-electron chi connectivity index (χ2n) is 6.18. The fourth-order valence-electron chi connectivity index (χ4n) is 2.96. The molecule has 1 aromatic carbocycles. The number of rotatable bonds is 7. The van der Waals surface area contributed by atoms with E-state index in [1.54, 1.807) is 0 Å². The largest absolute Gasteiger partial charge is 0.355 e. The maximum Gasteiger partial charge on any atom is 0.224 e. The summed E-state index contributed by atoms with van der Waals surface area (Å²) in [5, 5.41) is 3.60. The minimum absolute atomic E-state index is 0.0616. The van der Waals surface area contributed by atoms with Crippen LogP contribution in [0.1, 0.15) is 31.7 Å². The first-order valence-electron chi connectivity index (χ1n) is 8.42. The van der Waals surface area contributed by atoms with E-state index >= 15 is 0 Å². The van der Waals surface area contributed by atoms with Crippen LogP contribution in [-0.2, 0) is 21.2 Å². The molecular formula is C17H25ClN2O3S. The third-order valence-electron chi connectivity index (χ3n) is 4.21. The molecule has 0 aliphatic carbocycles. The van der Waals surface area contributed by atoms with Crippen LogP contribution in [-0.4, -0.2) is 44.0 Å². The quantitative estimate of drug-likeness (QED) is 0.799. The summed E-state index contributed by atoms with van der Waals surface area (Å²) in [7, 11) is -3.23. The zero-order valence-corrected chi connectivity index (χ0v) is 15.6. The highest BCUT2D eigenvalue weighted by Gasteiger charge is 2.31. The molecule has 1 fully saturated rings. The topological polar surface area (TPSA) is 66.5 Å². The molecule has 1 aromatic rings. The summed E-state index contributed by atoms with van der Waals surface area (Å²) in [6, 6.07) is 7.55. The summed E-state index contributed by atoms with van der Waals surface area (Å²) < 4.78 is 25.8. The standard InChI is InChI=1S/C17H25ClN2O3S/c1-2-11-24(22,23)20-10-4-6-15(13-20)17(21)19-9-8-14-5-3-7-16(18)12-14/h3,5,7,12,15H,2,4,6,8-11,13H2,1H3,(H,19,21)/t15-/m0/s1. The number of piperidine rings is 1. The van der Waals surface area contributed by atoms with Gasteiger partial charge >= 0.3 is 0 Å². The summed E-state index contributed by atoms with van der Waals surface area (Å²) in [4.78, 5) is 12.3. The van der Waals surface area contributed by atoms with Gasteiger partial charge in [0, 0.05) is 24.7 Å². The van der Waals surface area contributed by atoms with Crippen molar-refractivity contribution in [1.29, 1.82) is 0 Å². The third kappa shape index (κ3) is 5.46. The molecule has 24 heavy (non-hydrogen) atoms. The monoisotopic (exact) mass is 372 g/mol. The normalized spacial score (nSPS) is 19.2. The molecule has 1 aliphatic rings. The Kier molecular flexibility index (Phi) is 7.07. The van der Waals surface area contributed by atoms with E-state index in [1.165, 1.54) is 4.31 Å². The van der Waals surface area contributed by atoms with Gasteiger partial charge in [0.05, 0.1) is 11.7 Å². The zero-order chi connectivity index (χ0) is 17.6. The molecule has 0 radical (unpaired) electrons. The number of nitrogens with zero attached hydrogens (tertiary/aromatic N) is 1. The molecule has 0 aromatic heterocycles. The third-order valence-corrected chi connectivity index (χ3v) is 6.49. The van der Waals surface area contributed by atoms with Crippen LogP contribution in [0.25, 0.3) is 0 Å². The van der Waals surface area contributed by atoms with Gasteiger partial charge in [-0.1, -0.05) is 30.7 Å². The van der Waals surface area contributed by atoms with E-state index in [0.717, 1.165) is 18.4 Å². The number of carbonyl (C=O) groups excluding carboxylic acids is 1. The number of hydrogen-bond acceptors (Lipinski definition) is 3. The van der Waals surface area contributed by atoms with Crippen molar-refractivity contribution in [1.82, 2.24) is 9.62 Å². The van der Waals surface area contributed by atoms with Crippen LogP contribution in [0.15, 0.2) is 24.3 Å². The van der Waals surface area contributed by atoms with Crippen LogP contribution < -0.4 is 5.32 Å². The molecule has 0 spiro atoms. The van der Waals surface area contributed by atoms with Crippen LogP contribution in [0, 0.1) is 5.92 Å². The van der Waals surface area contributed by atoms with Crippen molar-refractivity contribution in [2.75, 3.05) is 25.4 Å². The molecule has 5 nitrogen and oxygen atoms in total. The Morgan fingerprint density at radius 3 is 2.92 bits per heavy atom. The van der Waals surface area contributed by atoms with Gasteiger partial charge in [-0.25, -0.2) is 12.7 Å². The molecule has 1 heterocycles. The van der Waals surface area contributed by atoms with Crippen molar-refractivity contribution in [2.45, 2.75) is 32.6 Å². The summed E-state index contributed by atoms with van der Waals surface area (Å²) in [6.07, 6.45) is 2.77. The summed E-state index contributed by atoms with van der Waals surface area (Å²) >= 11 is 5.94. The van der Waals surface area contributed by atoms with Crippen molar-refractivity contribution in [3.63, 3.8) is 0 Å². The van der Waals surface area contributed by atoms with Crippen molar-refractivity contribution < 1.29 is 13.2 Å². The van der Waals surface area contributed by atoms with Gasteiger partial charge in [-0.05, 0) is 43.4 Å². The van der Waals surface area contributed by atoms with Crippen molar-refractivity contribution in [2.24, 2.45) is 5.92 Å². The SMILES string of the molecule is CCCS(=O)(=O)N1CCC[C@H](C(=O)NCCc2cccc(Cl)c2)C1. The minimum atomic E-state index is -3.23. The van der Waals surface area contributed by atoms with Gasteiger partial charge in [-0.15, -0.1) is 0 Å². The Balaban J connectivity index is 1.83. The van der Waals surface area contributed by atoms with Gasteiger partial charge in [-0.2, -0.15) is 0 Å². The van der Waals surface area contributed by atoms with Gasteiger partial charge in [-0.3, -0.25) is 4.79 Å². The average Bonchev–Trinajstić information content (AvgIpc) is 2.55. The molecule has 7 heteroatoms. The van der Waals surface area contributed by atoms with E-state index in [4.69, 9.17) is 11.6 Å². The van der Waals surface area contributed by atoms with Gasteiger partial charge in [0.25, 0.3) is 0 Å². The lowest BCUT2D eigenvalue weighted by molar-refractivity contribution is -0.126. The van der Waals surface area contributed by atoms with E-state index in [0.29, 0.717) is 37.5 Å². The van der Waals surface area contributed by atoms with E-state index in [1.807, 2.05) is 31.2 Å². The number of halogens is 1. The maximum absolute atomic E-state index is 12.3. The molecule has 0 saturated carbocycles. The van der Waals surface area contributed by atoms with Crippen LogP contribution >= 0.6 is 11.6 Å². The second kappa shape index (κ2) is 8.83. The van der Waals surface area contributed by atoms with Gasteiger partial charge < -0.3 is 5.32 Å². The predicted molar refractivity (Wildman–Crippen MR) is 96.5 cm³/mol. The lowest BCUT2D eigenvalue weighted by atomic mass is 9.99. The highest BCUT2D eigenvalue weighted by Crippen LogP contribution is 2.20. The molecule has 1 amide bonds. The fourth-order valence-corrected chi connectivity index (χ4v) is 4.76. The Bertz CT molecular complexity index is 664. The molecule has 1 atom stereocenters. The summed E-state index contributed by atoms with van der Waals surface area (Å²) in [5.41, 5.74) is 1.07.